The van der Waals surface area contributed by atoms with Gasteiger partial charge in [-0.15, -0.1) is 0 Å². The molecule has 1 aromatic rings. The first-order chi connectivity index (χ1) is 9.43. The van der Waals surface area contributed by atoms with E-state index in [1.807, 2.05) is 6.92 Å². The summed E-state index contributed by atoms with van der Waals surface area (Å²) in [6, 6.07) is 3.72. The Kier molecular flexibility index (Phi) is 7.08. The van der Waals surface area contributed by atoms with E-state index >= 15 is 0 Å². The number of unbranched alkanes of at least 4 members (excludes halogenated alkanes) is 1. The topological polar surface area (TPSA) is 78.4 Å². The van der Waals surface area contributed by atoms with E-state index in [1.165, 1.54) is 0 Å². The third-order valence-corrected chi connectivity index (χ3v) is 3.61. The van der Waals surface area contributed by atoms with Crippen molar-refractivity contribution >= 4 is 51.9 Å². The van der Waals surface area contributed by atoms with Crippen molar-refractivity contribution in [2.24, 2.45) is 0 Å². The molecule has 0 aliphatic heterocycles. The molecule has 0 saturated carbocycles. The lowest BCUT2D eigenvalue weighted by Crippen LogP contribution is -2.43. The van der Waals surface area contributed by atoms with Crippen LogP contribution in [0.1, 0.15) is 26.2 Å². The maximum Gasteiger partial charge on any atom is 0.326 e. The molecule has 2 amide bonds. The Morgan fingerprint density at radius 2 is 2.15 bits per heavy atom. The summed E-state index contributed by atoms with van der Waals surface area (Å²) in [4.78, 5) is 22.8. The molecular weight excluding hydrogens is 395 g/mol. The number of carbonyl (C=O) groups excluding carboxylic acids is 1. The van der Waals surface area contributed by atoms with E-state index in [1.54, 1.807) is 18.2 Å². The third-order valence-electron chi connectivity index (χ3n) is 2.63. The molecule has 3 N–H and O–H groups in total. The number of nitrogens with one attached hydrogen (secondary N) is 2. The second kappa shape index (κ2) is 8.31. The van der Waals surface area contributed by atoms with Crippen molar-refractivity contribution in [3.05, 3.63) is 26.8 Å². The maximum atomic E-state index is 11.8. The van der Waals surface area contributed by atoms with Gasteiger partial charge in [-0.2, -0.15) is 0 Å². The number of urea groups is 1. The van der Waals surface area contributed by atoms with Gasteiger partial charge < -0.3 is 15.7 Å². The van der Waals surface area contributed by atoms with Crippen molar-refractivity contribution < 1.29 is 14.7 Å². The summed E-state index contributed by atoms with van der Waals surface area (Å²) in [6.07, 6.45) is 2.01. The van der Waals surface area contributed by atoms with Crippen molar-refractivity contribution in [1.82, 2.24) is 5.32 Å². The number of hydrogen-bond donors (Lipinski definition) is 3. The van der Waals surface area contributed by atoms with Crippen LogP contribution in [0.4, 0.5) is 10.5 Å². The molecule has 0 bridgehead atoms. The number of carboxylic acids is 1. The second-order valence-electron chi connectivity index (χ2n) is 4.26. The maximum absolute atomic E-state index is 11.8. The summed E-state index contributed by atoms with van der Waals surface area (Å²) < 4.78 is 0.949. The van der Waals surface area contributed by atoms with Crippen molar-refractivity contribution in [1.29, 1.82) is 0 Å². The fourth-order valence-corrected chi connectivity index (χ4v) is 2.48. The molecule has 1 aromatic carbocycles. The van der Waals surface area contributed by atoms with Crippen LogP contribution in [0.25, 0.3) is 0 Å². The normalized spacial score (nSPS) is 11.8. The van der Waals surface area contributed by atoms with Crippen molar-refractivity contribution in [2.75, 3.05) is 5.32 Å². The molecule has 5 nitrogen and oxygen atoms in total. The highest BCUT2D eigenvalue weighted by Crippen LogP contribution is 2.23. The number of carboxylic acid groups (broad SMARTS) is 1. The Hall–Kier alpha value is -1.02. The van der Waals surface area contributed by atoms with E-state index in [-0.39, 0.29) is 0 Å². The quantitative estimate of drug-likeness (QED) is 0.626. The first kappa shape index (κ1) is 17.0. The Balaban J connectivity index is 2.63. The van der Waals surface area contributed by atoms with Gasteiger partial charge in [0.2, 0.25) is 0 Å². The summed E-state index contributed by atoms with van der Waals surface area (Å²) >= 11 is 8.10. The van der Waals surface area contributed by atoms with E-state index in [0.29, 0.717) is 17.1 Å². The van der Waals surface area contributed by atoms with Crippen LogP contribution in [0, 0.1) is 3.57 Å². The number of benzene rings is 1. The van der Waals surface area contributed by atoms with Crippen molar-refractivity contribution in [3.8, 4) is 0 Å². The summed E-state index contributed by atoms with van der Waals surface area (Å²) in [5, 5.41) is 14.4. The average molecular weight is 411 g/mol. The highest BCUT2D eigenvalue weighted by Gasteiger charge is 2.19. The summed E-state index contributed by atoms with van der Waals surface area (Å²) in [6.45, 7) is 1.96. The fraction of sp³-hybridized carbons (Fsp3) is 0.385. The number of hydrogen-bond acceptors (Lipinski definition) is 2. The van der Waals surface area contributed by atoms with Gasteiger partial charge in [-0.3, -0.25) is 0 Å². The summed E-state index contributed by atoms with van der Waals surface area (Å²) in [7, 11) is 0. The minimum Gasteiger partial charge on any atom is -0.480 e. The molecule has 0 heterocycles. The van der Waals surface area contributed by atoms with Gasteiger partial charge in [-0.1, -0.05) is 31.4 Å². The molecular formula is C13H16ClIN2O3. The van der Waals surface area contributed by atoms with Crippen LogP contribution in [0.5, 0.6) is 0 Å². The van der Waals surface area contributed by atoms with Crippen molar-refractivity contribution in [3.63, 3.8) is 0 Å². The van der Waals surface area contributed by atoms with E-state index in [4.69, 9.17) is 16.7 Å². The highest BCUT2D eigenvalue weighted by atomic mass is 127. The Bertz CT molecular complexity index is 497. The lowest BCUT2D eigenvalue weighted by Gasteiger charge is -2.15. The molecule has 0 fully saturated rings. The second-order valence-corrected chi connectivity index (χ2v) is 5.91. The van der Waals surface area contributed by atoms with Gasteiger partial charge in [0.25, 0.3) is 0 Å². The molecule has 0 saturated heterocycles. The number of anilines is 1. The predicted octanol–water partition coefficient (Wildman–Crippen LogP) is 3.71. The molecule has 1 rings (SSSR count). The summed E-state index contributed by atoms with van der Waals surface area (Å²) in [5.41, 5.74) is 0.448. The standard InChI is InChI=1S/C13H16ClIN2O3/c1-2-3-4-11(12(18)19)17-13(20)16-10-6-5-8(15)7-9(10)14/h5-7,11H,2-4H2,1H3,(H,18,19)(H2,16,17,20). The van der Waals surface area contributed by atoms with Gasteiger partial charge in [0, 0.05) is 3.57 Å². The molecule has 7 heteroatoms. The first-order valence-corrected chi connectivity index (χ1v) is 7.65. The van der Waals surface area contributed by atoms with Crippen LogP contribution in [-0.2, 0) is 4.79 Å². The van der Waals surface area contributed by atoms with Crippen LogP contribution < -0.4 is 10.6 Å². The molecule has 1 unspecified atom stereocenters. The Labute approximate surface area is 136 Å². The van der Waals surface area contributed by atoms with Gasteiger partial charge in [0.15, 0.2) is 0 Å². The zero-order valence-corrected chi connectivity index (χ0v) is 13.9. The fourth-order valence-electron chi connectivity index (χ4n) is 1.57. The van der Waals surface area contributed by atoms with Crippen LogP contribution in [0.2, 0.25) is 5.02 Å². The van der Waals surface area contributed by atoms with Gasteiger partial charge in [-0.25, -0.2) is 9.59 Å². The number of halogens is 2. The molecule has 20 heavy (non-hydrogen) atoms. The van der Waals surface area contributed by atoms with E-state index in [2.05, 4.69) is 33.2 Å². The number of carbonyl (C=O) groups is 2. The Morgan fingerprint density at radius 1 is 1.45 bits per heavy atom. The van der Waals surface area contributed by atoms with Crippen LogP contribution in [0.3, 0.4) is 0 Å². The molecule has 0 spiro atoms. The van der Waals surface area contributed by atoms with Crippen LogP contribution >= 0.6 is 34.2 Å². The van der Waals surface area contributed by atoms with Gasteiger partial charge in [-0.05, 0) is 47.2 Å². The van der Waals surface area contributed by atoms with Gasteiger partial charge in [0.1, 0.15) is 6.04 Å². The molecule has 110 valence electrons. The lowest BCUT2D eigenvalue weighted by molar-refractivity contribution is -0.139. The number of aliphatic carboxylic acids is 1. The van der Waals surface area contributed by atoms with Crippen LogP contribution in [0.15, 0.2) is 18.2 Å². The number of amides is 2. The molecule has 1 atom stereocenters. The molecule has 0 radical (unpaired) electrons. The zero-order valence-electron chi connectivity index (χ0n) is 11.0. The summed E-state index contributed by atoms with van der Waals surface area (Å²) in [5.74, 6) is -1.04. The monoisotopic (exact) mass is 410 g/mol. The number of rotatable bonds is 6. The largest absolute Gasteiger partial charge is 0.480 e. The zero-order chi connectivity index (χ0) is 15.1. The molecule has 0 aliphatic rings. The van der Waals surface area contributed by atoms with Crippen LogP contribution in [-0.4, -0.2) is 23.1 Å². The third kappa shape index (κ3) is 5.54. The lowest BCUT2D eigenvalue weighted by atomic mass is 10.1. The van der Waals surface area contributed by atoms with E-state index in [9.17, 15) is 9.59 Å². The predicted molar refractivity (Wildman–Crippen MR) is 87.3 cm³/mol. The van der Waals surface area contributed by atoms with Gasteiger partial charge >= 0.3 is 12.0 Å². The highest BCUT2D eigenvalue weighted by molar-refractivity contribution is 14.1. The van der Waals surface area contributed by atoms with E-state index < -0.39 is 18.0 Å². The smallest absolute Gasteiger partial charge is 0.326 e. The SMILES string of the molecule is CCCCC(NC(=O)Nc1ccc(I)cc1Cl)C(=O)O. The minimum atomic E-state index is -1.04. The minimum absolute atomic E-state index is 0.402. The van der Waals surface area contributed by atoms with Crippen molar-refractivity contribution in [2.45, 2.75) is 32.2 Å². The first-order valence-electron chi connectivity index (χ1n) is 6.19. The Morgan fingerprint density at radius 3 is 2.70 bits per heavy atom. The molecule has 0 aromatic heterocycles. The molecule has 0 aliphatic carbocycles. The van der Waals surface area contributed by atoms with E-state index in [0.717, 1.165) is 16.4 Å². The van der Waals surface area contributed by atoms with Gasteiger partial charge in [0.05, 0.1) is 10.7 Å². The average Bonchev–Trinajstić information content (AvgIpc) is 2.37.